The molecular weight excluding hydrogens is 436 g/mol. The Bertz CT molecular complexity index is 987. The number of amides is 3. The normalized spacial score (nSPS) is 21.9. The third-order valence-corrected chi connectivity index (χ3v) is 6.27. The number of carbonyl (C=O) groups excluding carboxylic acids is 3. The van der Waals surface area contributed by atoms with Gasteiger partial charge in [-0.2, -0.15) is 0 Å². The van der Waals surface area contributed by atoms with E-state index in [1.807, 2.05) is 50.3 Å². The van der Waals surface area contributed by atoms with E-state index >= 15 is 0 Å². The molecule has 0 radical (unpaired) electrons. The molecule has 2 aliphatic heterocycles. The Kier molecular flexibility index (Phi) is 7.07. The van der Waals surface area contributed by atoms with Crippen LogP contribution in [0.5, 0.6) is 0 Å². The highest BCUT2D eigenvalue weighted by molar-refractivity contribution is 8.26. The highest BCUT2D eigenvalue weighted by Crippen LogP contribution is 2.36. The number of hydrogen-bond acceptors (Lipinski definition) is 6. The number of allylic oxidation sites excluding steroid dienone is 2. The highest BCUT2D eigenvalue weighted by atomic mass is 32.2. The molecule has 2 fully saturated rings. The average molecular weight is 459 g/mol. The van der Waals surface area contributed by atoms with Crippen LogP contribution >= 0.6 is 24.0 Å². The van der Waals surface area contributed by atoms with Gasteiger partial charge in [0, 0.05) is 0 Å². The molecule has 0 bridgehead atoms. The third kappa shape index (κ3) is 4.94. The summed E-state index contributed by atoms with van der Waals surface area (Å²) in [6.45, 7) is 3.63. The van der Waals surface area contributed by atoms with E-state index < -0.39 is 35.8 Å². The molecule has 1 aromatic carbocycles. The van der Waals surface area contributed by atoms with E-state index in [4.69, 9.17) is 12.2 Å². The number of thioether (sulfide) groups is 1. The first-order chi connectivity index (χ1) is 14.7. The van der Waals surface area contributed by atoms with Crippen LogP contribution in [0.4, 0.5) is 0 Å². The fraction of sp³-hybridized carbons (Fsp3) is 0.318. The number of aliphatic carboxylic acids is 1. The number of imide groups is 1. The van der Waals surface area contributed by atoms with Crippen LogP contribution in [0.25, 0.3) is 6.08 Å². The summed E-state index contributed by atoms with van der Waals surface area (Å²) < 4.78 is 0.174. The summed E-state index contributed by atoms with van der Waals surface area (Å²) >= 11 is 6.35. The molecule has 2 heterocycles. The first kappa shape index (κ1) is 22.9. The van der Waals surface area contributed by atoms with Gasteiger partial charge in [0.05, 0.1) is 11.3 Å². The second-order valence-electron chi connectivity index (χ2n) is 7.65. The van der Waals surface area contributed by atoms with Crippen molar-refractivity contribution < 1.29 is 24.3 Å². The number of hydrogen-bond donors (Lipinski definition) is 1. The Morgan fingerprint density at radius 1 is 1.26 bits per heavy atom. The van der Waals surface area contributed by atoms with Gasteiger partial charge in [-0.05, 0) is 24.0 Å². The first-order valence-corrected chi connectivity index (χ1v) is 11.0. The molecule has 2 saturated heterocycles. The van der Waals surface area contributed by atoms with Crippen molar-refractivity contribution >= 4 is 58.1 Å². The number of benzene rings is 1. The maximum Gasteiger partial charge on any atom is 0.326 e. The standard InChI is InChI=1S/C22H22N2O5S2/c1-13(2)11-16(21(28)29)23-18(25)12-15(19(23)26)24-20(27)17(31-22(24)30)10-6-9-14-7-4-3-5-8-14/h3-10,13,15-16H,11-12H2,1-2H3,(H,28,29)/b9-6+,17-10-/t15-,16-/m0/s1. The number of carbonyl (C=O) groups is 4. The summed E-state index contributed by atoms with van der Waals surface area (Å²) in [4.78, 5) is 52.3. The van der Waals surface area contributed by atoms with Crippen LogP contribution < -0.4 is 0 Å². The van der Waals surface area contributed by atoms with E-state index in [-0.39, 0.29) is 23.1 Å². The predicted octanol–water partition coefficient (Wildman–Crippen LogP) is 3.07. The van der Waals surface area contributed by atoms with Crippen LogP contribution in [0.2, 0.25) is 0 Å². The molecule has 3 rings (SSSR count). The molecule has 0 aliphatic carbocycles. The molecule has 0 saturated carbocycles. The average Bonchev–Trinajstić information content (AvgIpc) is 3.15. The molecular formula is C22H22N2O5S2. The Hall–Kier alpha value is -2.78. The molecule has 2 aliphatic rings. The lowest BCUT2D eigenvalue weighted by atomic mass is 10.0. The van der Waals surface area contributed by atoms with Gasteiger partial charge in [0.2, 0.25) is 5.91 Å². The van der Waals surface area contributed by atoms with E-state index in [1.54, 1.807) is 12.2 Å². The van der Waals surface area contributed by atoms with Gasteiger partial charge in [0.1, 0.15) is 16.4 Å². The zero-order chi connectivity index (χ0) is 22.7. The fourth-order valence-electron chi connectivity index (χ4n) is 3.50. The van der Waals surface area contributed by atoms with Crippen molar-refractivity contribution in [2.45, 2.75) is 38.8 Å². The fourth-order valence-corrected chi connectivity index (χ4v) is 4.81. The number of thiocarbonyl (C=S) groups is 1. The van der Waals surface area contributed by atoms with Gasteiger partial charge in [-0.3, -0.25) is 24.2 Å². The summed E-state index contributed by atoms with van der Waals surface area (Å²) in [7, 11) is 0. The Morgan fingerprint density at radius 3 is 2.55 bits per heavy atom. The number of rotatable bonds is 7. The Morgan fingerprint density at radius 2 is 1.94 bits per heavy atom. The maximum atomic E-state index is 13.0. The quantitative estimate of drug-likeness (QED) is 0.381. The minimum Gasteiger partial charge on any atom is -0.480 e. The van der Waals surface area contributed by atoms with E-state index in [0.29, 0.717) is 4.91 Å². The van der Waals surface area contributed by atoms with Gasteiger partial charge in [0.15, 0.2) is 0 Å². The van der Waals surface area contributed by atoms with Crippen LogP contribution in [0.3, 0.4) is 0 Å². The molecule has 9 heteroatoms. The molecule has 3 amide bonds. The third-order valence-electron chi connectivity index (χ3n) is 4.92. The maximum absolute atomic E-state index is 13.0. The lowest BCUT2D eigenvalue weighted by Crippen LogP contribution is -2.49. The lowest BCUT2D eigenvalue weighted by Gasteiger charge is -2.26. The molecule has 1 N–H and O–H groups in total. The summed E-state index contributed by atoms with van der Waals surface area (Å²) in [5.74, 6) is -3.04. The largest absolute Gasteiger partial charge is 0.480 e. The topological polar surface area (TPSA) is 95.0 Å². The van der Waals surface area contributed by atoms with Crippen LogP contribution in [-0.2, 0) is 19.2 Å². The van der Waals surface area contributed by atoms with E-state index in [1.165, 1.54) is 0 Å². The molecule has 31 heavy (non-hydrogen) atoms. The molecule has 0 spiro atoms. The van der Waals surface area contributed by atoms with Crippen LogP contribution in [0, 0.1) is 5.92 Å². The van der Waals surface area contributed by atoms with E-state index in [9.17, 15) is 24.3 Å². The molecule has 7 nitrogen and oxygen atoms in total. The first-order valence-electron chi connectivity index (χ1n) is 9.78. The predicted molar refractivity (Wildman–Crippen MR) is 122 cm³/mol. The van der Waals surface area contributed by atoms with Gasteiger partial charge in [-0.15, -0.1) is 0 Å². The van der Waals surface area contributed by atoms with Crippen molar-refractivity contribution in [2.75, 3.05) is 0 Å². The number of carboxylic acids is 1. The Labute approximate surface area is 189 Å². The van der Waals surface area contributed by atoms with Gasteiger partial charge in [-0.25, -0.2) is 4.79 Å². The second kappa shape index (κ2) is 9.57. The SMILES string of the molecule is CC(C)C[C@@H](C(=O)O)N1C(=O)C[C@H](N2C(=O)/C(=C/C=C/c3ccccc3)SC2=S)C1=O. The van der Waals surface area contributed by atoms with E-state index in [0.717, 1.165) is 27.1 Å². The second-order valence-corrected chi connectivity index (χ2v) is 9.33. The van der Waals surface area contributed by atoms with Gasteiger partial charge in [-0.1, -0.05) is 80.3 Å². The van der Waals surface area contributed by atoms with Gasteiger partial charge < -0.3 is 5.11 Å². The van der Waals surface area contributed by atoms with Crippen molar-refractivity contribution in [3.63, 3.8) is 0 Å². The zero-order valence-electron chi connectivity index (χ0n) is 17.1. The molecule has 1 aromatic rings. The van der Waals surface area contributed by atoms with Crippen molar-refractivity contribution in [2.24, 2.45) is 5.92 Å². The van der Waals surface area contributed by atoms with Crippen LogP contribution in [0.1, 0.15) is 32.3 Å². The van der Waals surface area contributed by atoms with Crippen molar-refractivity contribution in [1.82, 2.24) is 9.80 Å². The van der Waals surface area contributed by atoms with Crippen LogP contribution in [0.15, 0.2) is 47.4 Å². The highest BCUT2D eigenvalue weighted by Gasteiger charge is 2.51. The summed E-state index contributed by atoms with van der Waals surface area (Å²) in [5, 5.41) is 9.53. The Balaban J connectivity index is 1.79. The van der Waals surface area contributed by atoms with Crippen molar-refractivity contribution in [1.29, 1.82) is 0 Å². The van der Waals surface area contributed by atoms with Crippen molar-refractivity contribution in [3.8, 4) is 0 Å². The molecule has 0 aromatic heterocycles. The van der Waals surface area contributed by atoms with Crippen LogP contribution in [-0.4, -0.2) is 55.0 Å². The molecule has 2 atom stereocenters. The minimum atomic E-state index is -1.26. The number of carboxylic acid groups (broad SMARTS) is 1. The van der Waals surface area contributed by atoms with E-state index in [2.05, 4.69) is 0 Å². The minimum absolute atomic E-state index is 0.0308. The summed E-state index contributed by atoms with van der Waals surface area (Å²) in [6.07, 6.45) is 5.03. The van der Waals surface area contributed by atoms with Gasteiger partial charge >= 0.3 is 5.97 Å². The summed E-state index contributed by atoms with van der Waals surface area (Å²) in [6, 6.07) is 7.17. The molecule has 162 valence electrons. The zero-order valence-corrected chi connectivity index (χ0v) is 18.7. The lowest BCUT2D eigenvalue weighted by molar-refractivity contribution is -0.155. The van der Waals surface area contributed by atoms with Gasteiger partial charge in [0.25, 0.3) is 11.8 Å². The smallest absolute Gasteiger partial charge is 0.326 e. The number of nitrogens with zero attached hydrogens (tertiary/aromatic N) is 2. The summed E-state index contributed by atoms with van der Waals surface area (Å²) in [5.41, 5.74) is 0.964. The van der Waals surface area contributed by atoms with Crippen molar-refractivity contribution in [3.05, 3.63) is 53.0 Å². The number of likely N-dealkylation sites (tertiary alicyclic amines) is 1. The monoisotopic (exact) mass is 458 g/mol. The molecule has 0 unspecified atom stereocenters.